The van der Waals surface area contributed by atoms with Crippen LogP contribution in [0.3, 0.4) is 0 Å². The molecule has 94 valence electrons. The quantitative estimate of drug-likeness (QED) is 0.809. The number of rotatable bonds is 3. The van der Waals surface area contributed by atoms with Gasteiger partial charge >= 0.3 is 5.97 Å². The van der Waals surface area contributed by atoms with Gasteiger partial charge in [0.25, 0.3) is 0 Å². The van der Waals surface area contributed by atoms with E-state index in [4.69, 9.17) is 23.2 Å². The van der Waals surface area contributed by atoms with Crippen LogP contribution in [-0.4, -0.2) is 18.1 Å². The van der Waals surface area contributed by atoms with Gasteiger partial charge in [-0.1, -0.05) is 23.2 Å². The normalized spacial score (nSPS) is 10.4. The molecule has 0 aliphatic carbocycles. The van der Waals surface area contributed by atoms with Gasteiger partial charge in [-0.15, -0.1) is 11.3 Å². The van der Waals surface area contributed by atoms with Crippen LogP contribution in [0.2, 0.25) is 10.0 Å². The van der Waals surface area contributed by atoms with Gasteiger partial charge in [0.1, 0.15) is 5.01 Å². The Hall–Kier alpha value is -1.10. The molecule has 0 unspecified atom stereocenters. The highest BCUT2D eigenvalue weighted by Crippen LogP contribution is 2.32. The zero-order valence-corrected chi connectivity index (χ0v) is 11.8. The summed E-state index contributed by atoms with van der Waals surface area (Å²) in [6, 6.07) is 5.23. The molecule has 0 aliphatic rings. The summed E-state index contributed by atoms with van der Waals surface area (Å²) in [4.78, 5) is 15.5. The number of hydrogen-bond donors (Lipinski definition) is 0. The van der Waals surface area contributed by atoms with Crippen molar-refractivity contribution in [2.24, 2.45) is 0 Å². The fourth-order valence-corrected chi connectivity index (χ4v) is 2.81. The number of nitrogens with zero attached hydrogens (tertiary/aromatic N) is 1. The van der Waals surface area contributed by atoms with E-state index in [1.807, 2.05) is 11.4 Å². The molecule has 0 bridgehead atoms. The first kappa shape index (κ1) is 13.3. The van der Waals surface area contributed by atoms with Gasteiger partial charge < -0.3 is 4.74 Å². The molecule has 0 fully saturated rings. The number of halogens is 2. The van der Waals surface area contributed by atoms with E-state index in [1.165, 1.54) is 18.4 Å². The Bertz CT molecular complexity index is 583. The van der Waals surface area contributed by atoms with Gasteiger partial charge in [-0.3, -0.25) is 4.79 Å². The van der Waals surface area contributed by atoms with Gasteiger partial charge in [-0.2, -0.15) is 0 Å². The maximum absolute atomic E-state index is 11.1. The molecule has 3 nitrogen and oxygen atoms in total. The Kier molecular flexibility index (Phi) is 4.22. The molecule has 2 rings (SSSR count). The van der Waals surface area contributed by atoms with Crippen molar-refractivity contribution in [3.05, 3.63) is 39.3 Å². The topological polar surface area (TPSA) is 39.2 Å². The van der Waals surface area contributed by atoms with Crippen molar-refractivity contribution >= 4 is 40.5 Å². The van der Waals surface area contributed by atoms with Crippen LogP contribution in [0.15, 0.2) is 23.6 Å². The first-order valence-electron chi connectivity index (χ1n) is 5.07. The minimum Gasteiger partial charge on any atom is -0.469 e. The van der Waals surface area contributed by atoms with Crippen LogP contribution in [0.1, 0.15) is 5.69 Å². The van der Waals surface area contributed by atoms with Gasteiger partial charge in [0, 0.05) is 16.0 Å². The average molecular weight is 302 g/mol. The van der Waals surface area contributed by atoms with Crippen LogP contribution in [-0.2, 0) is 16.0 Å². The van der Waals surface area contributed by atoms with E-state index in [-0.39, 0.29) is 12.4 Å². The summed E-state index contributed by atoms with van der Waals surface area (Å²) in [7, 11) is 1.35. The predicted molar refractivity (Wildman–Crippen MR) is 73.3 cm³/mol. The second-order valence-corrected chi connectivity index (χ2v) is 5.22. The van der Waals surface area contributed by atoms with Crippen molar-refractivity contribution in [2.75, 3.05) is 7.11 Å². The van der Waals surface area contributed by atoms with E-state index < -0.39 is 0 Å². The molecule has 0 spiro atoms. The standard InChI is InChI=1S/C12H9Cl2NO2S/c1-17-11(16)5-8-6-18-12(15-8)9-3-2-7(13)4-10(9)14/h2-4,6H,5H2,1H3. The first-order chi connectivity index (χ1) is 8.60. The molecule has 1 aromatic heterocycles. The summed E-state index contributed by atoms with van der Waals surface area (Å²) in [5.41, 5.74) is 1.48. The van der Waals surface area contributed by atoms with E-state index in [2.05, 4.69) is 9.72 Å². The predicted octanol–water partition coefficient (Wildman–Crippen LogP) is 3.83. The molecular weight excluding hydrogens is 293 g/mol. The summed E-state index contributed by atoms with van der Waals surface area (Å²) in [5.74, 6) is -0.311. The van der Waals surface area contributed by atoms with Crippen molar-refractivity contribution in [1.82, 2.24) is 4.98 Å². The summed E-state index contributed by atoms with van der Waals surface area (Å²) in [6.07, 6.45) is 0.165. The fraction of sp³-hybridized carbons (Fsp3) is 0.167. The van der Waals surface area contributed by atoms with Crippen LogP contribution in [0, 0.1) is 0 Å². The number of carbonyl (C=O) groups is 1. The minimum atomic E-state index is -0.311. The zero-order chi connectivity index (χ0) is 13.1. The molecule has 0 N–H and O–H groups in total. The monoisotopic (exact) mass is 301 g/mol. The van der Waals surface area contributed by atoms with Crippen LogP contribution < -0.4 is 0 Å². The third kappa shape index (κ3) is 3.02. The van der Waals surface area contributed by atoms with E-state index in [0.29, 0.717) is 15.7 Å². The molecule has 2 aromatic rings. The largest absolute Gasteiger partial charge is 0.469 e. The number of esters is 1. The Labute approximate surface area is 118 Å². The van der Waals surface area contributed by atoms with Gasteiger partial charge in [-0.05, 0) is 18.2 Å². The van der Waals surface area contributed by atoms with Crippen molar-refractivity contribution in [2.45, 2.75) is 6.42 Å². The van der Waals surface area contributed by atoms with Crippen LogP contribution in [0.4, 0.5) is 0 Å². The van der Waals surface area contributed by atoms with Crippen molar-refractivity contribution < 1.29 is 9.53 Å². The van der Waals surface area contributed by atoms with E-state index in [9.17, 15) is 4.79 Å². The smallest absolute Gasteiger partial charge is 0.311 e. The molecular formula is C12H9Cl2NO2S. The van der Waals surface area contributed by atoms with Crippen molar-refractivity contribution in [1.29, 1.82) is 0 Å². The number of methoxy groups -OCH3 is 1. The Balaban J connectivity index is 2.26. The highest BCUT2D eigenvalue weighted by atomic mass is 35.5. The molecule has 0 aliphatic heterocycles. The number of benzene rings is 1. The zero-order valence-electron chi connectivity index (χ0n) is 9.44. The third-order valence-electron chi connectivity index (χ3n) is 2.27. The number of carbonyl (C=O) groups excluding carboxylic acids is 1. The first-order valence-corrected chi connectivity index (χ1v) is 6.70. The van der Waals surface area contributed by atoms with Gasteiger partial charge in [0.05, 0.1) is 24.2 Å². The maximum atomic E-state index is 11.1. The average Bonchev–Trinajstić information content (AvgIpc) is 2.77. The lowest BCUT2D eigenvalue weighted by atomic mass is 10.2. The van der Waals surface area contributed by atoms with Crippen LogP contribution in [0.5, 0.6) is 0 Å². The molecule has 0 saturated carbocycles. The number of aromatic nitrogens is 1. The van der Waals surface area contributed by atoms with Crippen molar-refractivity contribution in [3.8, 4) is 10.6 Å². The Morgan fingerprint density at radius 3 is 2.89 bits per heavy atom. The summed E-state index contributed by atoms with van der Waals surface area (Å²) in [5, 5.41) is 3.70. The Morgan fingerprint density at radius 2 is 2.22 bits per heavy atom. The van der Waals surface area contributed by atoms with Crippen LogP contribution in [0.25, 0.3) is 10.6 Å². The lowest BCUT2D eigenvalue weighted by molar-refractivity contribution is -0.139. The summed E-state index contributed by atoms with van der Waals surface area (Å²) < 4.78 is 4.59. The minimum absolute atomic E-state index is 0.165. The van der Waals surface area contributed by atoms with Gasteiger partial charge in [0.15, 0.2) is 0 Å². The van der Waals surface area contributed by atoms with Crippen LogP contribution >= 0.6 is 34.5 Å². The molecule has 0 radical (unpaired) electrons. The molecule has 18 heavy (non-hydrogen) atoms. The molecule has 1 aromatic carbocycles. The fourth-order valence-electron chi connectivity index (χ4n) is 1.39. The second-order valence-electron chi connectivity index (χ2n) is 3.52. The maximum Gasteiger partial charge on any atom is 0.311 e. The SMILES string of the molecule is COC(=O)Cc1csc(-c2ccc(Cl)cc2Cl)n1. The van der Waals surface area contributed by atoms with Gasteiger partial charge in [-0.25, -0.2) is 4.98 Å². The molecule has 1 heterocycles. The number of thiazole rings is 1. The molecule has 6 heteroatoms. The number of ether oxygens (including phenoxy) is 1. The molecule has 0 amide bonds. The van der Waals surface area contributed by atoms with E-state index in [0.717, 1.165) is 10.6 Å². The lowest BCUT2D eigenvalue weighted by Crippen LogP contribution is -2.04. The van der Waals surface area contributed by atoms with E-state index >= 15 is 0 Å². The van der Waals surface area contributed by atoms with Crippen molar-refractivity contribution in [3.63, 3.8) is 0 Å². The summed E-state index contributed by atoms with van der Waals surface area (Å²) in [6.45, 7) is 0. The third-order valence-corrected chi connectivity index (χ3v) is 3.74. The molecule has 0 atom stereocenters. The highest BCUT2D eigenvalue weighted by Gasteiger charge is 2.11. The second kappa shape index (κ2) is 5.69. The molecule has 0 saturated heterocycles. The number of hydrogen-bond acceptors (Lipinski definition) is 4. The highest BCUT2D eigenvalue weighted by molar-refractivity contribution is 7.13. The van der Waals surface area contributed by atoms with Gasteiger partial charge in [0.2, 0.25) is 0 Å². The van der Waals surface area contributed by atoms with E-state index in [1.54, 1.807) is 12.1 Å². The summed E-state index contributed by atoms with van der Waals surface area (Å²) >= 11 is 13.4. The lowest BCUT2D eigenvalue weighted by Gasteiger charge is -2.00. The Morgan fingerprint density at radius 1 is 1.44 bits per heavy atom.